The molecule has 0 amide bonds. The fourth-order valence-corrected chi connectivity index (χ4v) is 3.04. The highest BCUT2D eigenvalue weighted by molar-refractivity contribution is 5.84. The number of aromatic nitrogens is 1. The van der Waals surface area contributed by atoms with Gasteiger partial charge in [0, 0.05) is 49.4 Å². The maximum atomic E-state index is 9.65. The molecule has 1 aromatic heterocycles. The van der Waals surface area contributed by atoms with Crippen molar-refractivity contribution in [1.29, 1.82) is 0 Å². The average Bonchev–Trinajstić information content (AvgIpc) is 2.64. The fourth-order valence-electron chi connectivity index (χ4n) is 3.04. The van der Waals surface area contributed by atoms with E-state index < -0.39 is 0 Å². The van der Waals surface area contributed by atoms with Crippen LogP contribution < -0.4 is 15.5 Å². The second-order valence-corrected chi connectivity index (χ2v) is 6.55. The van der Waals surface area contributed by atoms with Gasteiger partial charge in [-0.15, -0.1) is 0 Å². The molecule has 0 spiro atoms. The maximum absolute atomic E-state index is 9.65. The second kappa shape index (κ2) is 9.24. The zero-order chi connectivity index (χ0) is 18.5. The van der Waals surface area contributed by atoms with Gasteiger partial charge in [0.15, 0.2) is 0 Å². The molecule has 0 saturated carbocycles. The third-order valence-corrected chi connectivity index (χ3v) is 4.49. The molecule has 0 fully saturated rings. The van der Waals surface area contributed by atoms with Crippen LogP contribution in [0.25, 0.3) is 10.9 Å². The number of aryl methyl sites for hydroxylation is 1. The highest BCUT2D eigenvalue weighted by atomic mass is 16.3. The van der Waals surface area contributed by atoms with Crippen molar-refractivity contribution in [3.05, 3.63) is 59.7 Å². The Morgan fingerprint density at radius 2 is 1.89 bits per heavy atom. The van der Waals surface area contributed by atoms with Crippen LogP contribution in [-0.2, 0) is 6.54 Å². The summed E-state index contributed by atoms with van der Waals surface area (Å²) in [5, 5.41) is 17.4. The van der Waals surface area contributed by atoms with Gasteiger partial charge in [0.2, 0.25) is 0 Å². The molecule has 0 bridgehead atoms. The van der Waals surface area contributed by atoms with E-state index in [1.807, 2.05) is 19.2 Å². The van der Waals surface area contributed by atoms with Crippen molar-refractivity contribution in [1.82, 2.24) is 10.3 Å². The number of anilines is 2. The molecule has 0 radical (unpaired) electrons. The lowest BCUT2D eigenvalue weighted by Crippen LogP contribution is -2.29. The van der Waals surface area contributed by atoms with Crippen LogP contribution in [-0.4, -0.2) is 37.3 Å². The molecule has 3 aromatic rings. The average molecular weight is 367 g/mol. The van der Waals surface area contributed by atoms with Gasteiger partial charge in [-0.3, -0.25) is 0 Å². The lowest BCUT2D eigenvalue weighted by molar-refractivity contribution is 0.475. The van der Waals surface area contributed by atoms with Gasteiger partial charge in [-0.25, -0.2) is 4.98 Å². The van der Waals surface area contributed by atoms with E-state index in [2.05, 4.69) is 53.8 Å². The van der Waals surface area contributed by atoms with Crippen molar-refractivity contribution in [2.75, 3.05) is 37.4 Å². The lowest BCUT2D eigenvalue weighted by atomic mass is 10.1. The van der Waals surface area contributed by atoms with E-state index >= 15 is 0 Å². The fraction of sp³-hybridized carbons (Fsp3) is 0.318. The summed E-state index contributed by atoms with van der Waals surface area (Å²) in [6.07, 6.45) is 0. The van der Waals surface area contributed by atoms with E-state index in [9.17, 15) is 5.11 Å². The number of benzene rings is 2. The Hall–Kier alpha value is -2.79. The van der Waals surface area contributed by atoms with Gasteiger partial charge in [-0.1, -0.05) is 31.7 Å². The van der Waals surface area contributed by atoms with Crippen molar-refractivity contribution in [2.45, 2.75) is 20.9 Å². The molecule has 0 aliphatic rings. The van der Waals surface area contributed by atoms with Crippen molar-refractivity contribution in [2.24, 2.45) is 0 Å². The zero-order valence-electron chi connectivity index (χ0n) is 15.6. The van der Waals surface area contributed by atoms with Crippen molar-refractivity contribution in [3.63, 3.8) is 0 Å². The zero-order valence-corrected chi connectivity index (χ0v) is 15.6. The number of aromatic hydroxyl groups is 1. The number of phenols is 1. The van der Waals surface area contributed by atoms with Gasteiger partial charge in [0.05, 0.1) is 5.52 Å². The standard InChI is InChI=1S/C21H26N4O.CH4/c1-15-6-4-7-16-12-17(14-23-18-8-5-9-19(26)13-18)21(24-20(15)16)25(3)11-10-22-2;/h4-9,12-13,22-23,26H,10-11,14H2,1-3H3;1H4. The van der Waals surface area contributed by atoms with E-state index in [1.165, 1.54) is 5.56 Å². The molecular formula is C22H30N4O. The van der Waals surface area contributed by atoms with Gasteiger partial charge in [-0.05, 0) is 37.7 Å². The number of pyridine rings is 1. The molecule has 27 heavy (non-hydrogen) atoms. The van der Waals surface area contributed by atoms with Gasteiger partial charge in [0.25, 0.3) is 0 Å². The first-order valence-electron chi connectivity index (χ1n) is 8.86. The normalized spacial score (nSPS) is 10.5. The minimum Gasteiger partial charge on any atom is -0.508 e. The van der Waals surface area contributed by atoms with Crippen LogP contribution >= 0.6 is 0 Å². The summed E-state index contributed by atoms with van der Waals surface area (Å²) in [6.45, 7) is 4.50. The van der Waals surface area contributed by atoms with E-state index in [4.69, 9.17) is 4.98 Å². The molecule has 0 unspecified atom stereocenters. The first-order valence-corrected chi connectivity index (χ1v) is 8.86. The third-order valence-electron chi connectivity index (χ3n) is 4.49. The summed E-state index contributed by atoms with van der Waals surface area (Å²) in [5.74, 6) is 1.24. The van der Waals surface area contributed by atoms with Crippen LogP contribution in [0, 0.1) is 6.92 Å². The van der Waals surface area contributed by atoms with Gasteiger partial charge in [-0.2, -0.15) is 0 Å². The summed E-state index contributed by atoms with van der Waals surface area (Å²) >= 11 is 0. The van der Waals surface area contributed by atoms with Crippen LogP contribution in [0.15, 0.2) is 48.5 Å². The molecule has 2 aromatic carbocycles. The molecule has 1 heterocycles. The van der Waals surface area contributed by atoms with Gasteiger partial charge in [0.1, 0.15) is 11.6 Å². The van der Waals surface area contributed by atoms with Gasteiger partial charge >= 0.3 is 0 Å². The minimum absolute atomic E-state index is 0. The molecule has 144 valence electrons. The number of rotatable bonds is 7. The molecule has 3 N–H and O–H groups in total. The Morgan fingerprint density at radius 3 is 2.63 bits per heavy atom. The SMILES string of the molecule is C.CNCCN(C)c1nc2c(C)cccc2cc1CNc1cccc(O)c1. The first kappa shape index (κ1) is 20.5. The molecule has 5 heteroatoms. The lowest BCUT2D eigenvalue weighted by Gasteiger charge is -2.22. The Morgan fingerprint density at radius 1 is 1.11 bits per heavy atom. The maximum Gasteiger partial charge on any atom is 0.134 e. The molecule has 0 atom stereocenters. The highest BCUT2D eigenvalue weighted by Crippen LogP contribution is 2.26. The first-order chi connectivity index (χ1) is 12.6. The van der Waals surface area contributed by atoms with E-state index in [1.54, 1.807) is 12.1 Å². The smallest absolute Gasteiger partial charge is 0.134 e. The predicted octanol–water partition coefficient (Wildman–Crippen LogP) is 4.15. The topological polar surface area (TPSA) is 60.4 Å². The van der Waals surface area contributed by atoms with Crippen LogP contribution in [0.4, 0.5) is 11.5 Å². The second-order valence-electron chi connectivity index (χ2n) is 6.55. The molecule has 0 saturated heterocycles. The number of fused-ring (bicyclic) bond motifs is 1. The predicted molar refractivity (Wildman–Crippen MR) is 116 cm³/mol. The van der Waals surface area contributed by atoms with Crippen LogP contribution in [0.2, 0.25) is 0 Å². The number of phenolic OH excluding ortho intramolecular Hbond substituents is 1. The quantitative estimate of drug-likeness (QED) is 0.586. The number of nitrogens with zero attached hydrogens (tertiary/aromatic N) is 2. The number of hydrogen-bond acceptors (Lipinski definition) is 5. The third kappa shape index (κ3) is 4.89. The van der Waals surface area contributed by atoms with Crippen molar-refractivity contribution in [3.8, 4) is 5.75 Å². The van der Waals surface area contributed by atoms with Crippen molar-refractivity contribution < 1.29 is 5.11 Å². The number of likely N-dealkylation sites (N-methyl/N-ethyl adjacent to an activating group) is 2. The van der Waals surface area contributed by atoms with Crippen LogP contribution in [0.5, 0.6) is 5.75 Å². The van der Waals surface area contributed by atoms with E-state index in [-0.39, 0.29) is 13.2 Å². The minimum atomic E-state index is 0. The van der Waals surface area contributed by atoms with Gasteiger partial charge < -0.3 is 20.6 Å². The molecule has 3 rings (SSSR count). The Bertz CT molecular complexity index is 895. The number of para-hydroxylation sites is 1. The summed E-state index contributed by atoms with van der Waals surface area (Å²) in [7, 11) is 4.03. The van der Waals surface area contributed by atoms with Crippen molar-refractivity contribution >= 4 is 22.4 Å². The van der Waals surface area contributed by atoms with Crippen LogP contribution in [0.1, 0.15) is 18.6 Å². The molecule has 0 aliphatic heterocycles. The Kier molecular flexibility index (Phi) is 7.02. The Labute approximate surface area is 162 Å². The number of nitrogens with one attached hydrogen (secondary N) is 2. The monoisotopic (exact) mass is 366 g/mol. The summed E-state index contributed by atoms with van der Waals surface area (Å²) < 4.78 is 0. The van der Waals surface area contributed by atoms with E-state index in [0.29, 0.717) is 6.54 Å². The molecule has 0 aliphatic carbocycles. The number of hydrogen-bond donors (Lipinski definition) is 3. The van der Waals surface area contributed by atoms with E-state index in [0.717, 1.165) is 41.1 Å². The summed E-state index contributed by atoms with van der Waals surface area (Å²) in [5.41, 5.74) is 4.24. The molecule has 5 nitrogen and oxygen atoms in total. The highest BCUT2D eigenvalue weighted by Gasteiger charge is 2.12. The molecular weight excluding hydrogens is 336 g/mol. The largest absolute Gasteiger partial charge is 0.508 e. The summed E-state index contributed by atoms with van der Waals surface area (Å²) in [4.78, 5) is 7.15. The Balaban J connectivity index is 0.00000261. The summed E-state index contributed by atoms with van der Waals surface area (Å²) in [6, 6.07) is 15.6. The van der Waals surface area contributed by atoms with Crippen LogP contribution in [0.3, 0.4) is 0 Å².